The van der Waals surface area contributed by atoms with Crippen molar-refractivity contribution in [1.29, 1.82) is 0 Å². The highest BCUT2D eigenvalue weighted by atomic mass is 32.1. The Morgan fingerprint density at radius 3 is 2.49 bits per heavy atom. The third-order valence-electron chi connectivity index (χ3n) is 4.61. The predicted octanol–water partition coefficient (Wildman–Crippen LogP) is 2.77. The van der Waals surface area contributed by atoms with Crippen LogP contribution in [0.25, 0.3) is 11.4 Å². The zero-order valence-corrected chi connectivity index (χ0v) is 21.6. The van der Waals surface area contributed by atoms with Crippen LogP contribution in [0.4, 0.5) is 9.93 Å². The van der Waals surface area contributed by atoms with Gasteiger partial charge in [-0.2, -0.15) is 4.98 Å². The highest BCUT2D eigenvalue weighted by molar-refractivity contribution is 7.17. The summed E-state index contributed by atoms with van der Waals surface area (Å²) in [5.41, 5.74) is 0.219. The summed E-state index contributed by atoms with van der Waals surface area (Å²) in [7, 11) is 0. The number of rotatable bonds is 8. The molecule has 0 fully saturated rings. The van der Waals surface area contributed by atoms with Crippen LogP contribution in [0, 0.1) is 13.8 Å². The summed E-state index contributed by atoms with van der Waals surface area (Å²) in [5, 5.41) is 20.6. The Morgan fingerprint density at radius 2 is 1.89 bits per heavy atom. The molecule has 0 spiro atoms. The van der Waals surface area contributed by atoms with E-state index in [1.54, 1.807) is 52.0 Å². The number of amides is 3. The molecule has 37 heavy (non-hydrogen) atoms. The van der Waals surface area contributed by atoms with Gasteiger partial charge in [0.2, 0.25) is 11.7 Å². The van der Waals surface area contributed by atoms with Crippen LogP contribution in [-0.4, -0.2) is 62.3 Å². The molecule has 13 nitrogen and oxygen atoms in total. The minimum atomic E-state index is -1.26. The van der Waals surface area contributed by atoms with Gasteiger partial charge in [0, 0.05) is 24.6 Å². The molecule has 196 valence electrons. The van der Waals surface area contributed by atoms with Crippen molar-refractivity contribution in [3.05, 3.63) is 46.3 Å². The van der Waals surface area contributed by atoms with Crippen LogP contribution in [0.5, 0.6) is 0 Å². The third-order valence-corrected chi connectivity index (χ3v) is 5.67. The van der Waals surface area contributed by atoms with E-state index in [1.165, 1.54) is 6.92 Å². The number of ether oxygens (including phenoxy) is 1. The smallest absolute Gasteiger partial charge is 0.408 e. The van der Waals surface area contributed by atoms with Gasteiger partial charge in [-0.1, -0.05) is 28.6 Å². The number of benzene rings is 1. The zero-order chi connectivity index (χ0) is 27.3. The first-order valence-corrected chi connectivity index (χ1v) is 11.8. The van der Waals surface area contributed by atoms with Gasteiger partial charge < -0.3 is 30.3 Å². The molecule has 14 heteroatoms. The highest BCUT2D eigenvalue weighted by Gasteiger charge is 2.27. The second-order valence-corrected chi connectivity index (χ2v) is 9.85. The van der Waals surface area contributed by atoms with Crippen LogP contribution < -0.4 is 16.0 Å². The maximum atomic E-state index is 13.0. The van der Waals surface area contributed by atoms with E-state index in [9.17, 15) is 24.3 Å². The minimum Gasteiger partial charge on any atom is -0.477 e. The number of aromatic nitrogens is 3. The van der Waals surface area contributed by atoms with E-state index in [4.69, 9.17) is 9.26 Å². The molecular weight excluding hydrogens is 504 g/mol. The van der Waals surface area contributed by atoms with Crippen LogP contribution in [-0.2, 0) is 9.53 Å². The number of aryl methyl sites for hydroxylation is 2. The lowest BCUT2D eigenvalue weighted by Crippen LogP contribution is -2.51. The number of carboxylic acid groups (broad SMARTS) is 1. The van der Waals surface area contributed by atoms with Crippen molar-refractivity contribution in [2.45, 2.75) is 46.3 Å². The van der Waals surface area contributed by atoms with Gasteiger partial charge in [0.05, 0.1) is 5.69 Å². The van der Waals surface area contributed by atoms with Gasteiger partial charge in [-0.3, -0.25) is 9.59 Å². The predicted molar refractivity (Wildman–Crippen MR) is 132 cm³/mol. The number of hydrogen-bond donors (Lipinski definition) is 4. The maximum absolute atomic E-state index is 13.0. The number of carboxylic acids is 1. The van der Waals surface area contributed by atoms with Crippen molar-refractivity contribution in [2.24, 2.45) is 0 Å². The Morgan fingerprint density at radius 1 is 1.16 bits per heavy atom. The van der Waals surface area contributed by atoms with Crippen LogP contribution in [0.15, 0.2) is 28.8 Å². The molecule has 1 atom stereocenters. The molecule has 0 bridgehead atoms. The number of nitrogens with one attached hydrogen (secondary N) is 3. The topological polar surface area (TPSA) is 186 Å². The van der Waals surface area contributed by atoms with E-state index < -0.39 is 35.5 Å². The molecule has 2 heterocycles. The van der Waals surface area contributed by atoms with E-state index in [1.807, 2.05) is 0 Å². The number of nitrogens with zero attached hydrogens (tertiary/aromatic N) is 3. The van der Waals surface area contributed by atoms with E-state index in [-0.39, 0.29) is 27.8 Å². The largest absolute Gasteiger partial charge is 0.477 e. The highest BCUT2D eigenvalue weighted by Crippen LogP contribution is 2.22. The summed E-state index contributed by atoms with van der Waals surface area (Å²) in [6, 6.07) is 5.21. The van der Waals surface area contributed by atoms with Crippen molar-refractivity contribution < 1.29 is 33.5 Å². The number of carbonyl (C=O) groups excluding carboxylic acids is 3. The fourth-order valence-electron chi connectivity index (χ4n) is 3.01. The molecule has 0 saturated carbocycles. The SMILES string of the molecule is Cc1nc(-c2cccc(C(=O)NCC(NC(=O)OC(C)(C)C)C(=O)Nc3nc(C)c(C(=O)O)s3)c2)no1. The molecule has 1 unspecified atom stereocenters. The lowest BCUT2D eigenvalue weighted by molar-refractivity contribution is -0.118. The molecule has 0 radical (unpaired) electrons. The quantitative estimate of drug-likeness (QED) is 0.337. The Bertz CT molecular complexity index is 1330. The second-order valence-electron chi connectivity index (χ2n) is 8.85. The summed E-state index contributed by atoms with van der Waals surface area (Å²) in [6.45, 7) is 7.82. The number of alkyl carbamates (subject to hydrolysis) is 1. The van der Waals surface area contributed by atoms with Crippen molar-refractivity contribution in [2.75, 3.05) is 11.9 Å². The van der Waals surface area contributed by atoms with Gasteiger partial charge >= 0.3 is 12.1 Å². The Kier molecular flexibility index (Phi) is 8.22. The molecule has 1 aromatic carbocycles. The van der Waals surface area contributed by atoms with E-state index in [0.717, 1.165) is 11.3 Å². The van der Waals surface area contributed by atoms with Crippen LogP contribution in [0.1, 0.15) is 52.4 Å². The molecule has 3 amide bonds. The monoisotopic (exact) mass is 530 g/mol. The number of thiazole rings is 1. The average Bonchev–Trinajstić information content (AvgIpc) is 3.40. The van der Waals surface area contributed by atoms with Crippen LogP contribution in [0.2, 0.25) is 0 Å². The average molecular weight is 531 g/mol. The van der Waals surface area contributed by atoms with Gasteiger partial charge in [-0.05, 0) is 39.8 Å². The first-order chi connectivity index (χ1) is 17.3. The normalized spacial score (nSPS) is 11.9. The standard InChI is InChI=1S/C23H26N6O7S/c1-11-16(20(32)33)37-21(25-11)28-19(31)15(27-22(34)35-23(3,4)5)10-24-18(30)14-8-6-7-13(9-14)17-26-12(2)36-29-17/h6-9,15H,10H2,1-5H3,(H,24,30)(H,27,34)(H,32,33)(H,25,28,31). The molecule has 3 rings (SSSR count). The first kappa shape index (κ1) is 27.3. The second kappa shape index (κ2) is 11.2. The number of aromatic carboxylic acids is 1. The molecule has 0 aliphatic heterocycles. The summed E-state index contributed by atoms with van der Waals surface area (Å²) < 4.78 is 10.2. The lowest BCUT2D eigenvalue weighted by atomic mass is 10.1. The van der Waals surface area contributed by atoms with Gasteiger partial charge in [0.15, 0.2) is 5.13 Å². The Hall–Kier alpha value is -4.33. The molecule has 3 aromatic rings. The summed E-state index contributed by atoms with van der Waals surface area (Å²) in [4.78, 5) is 57.6. The summed E-state index contributed by atoms with van der Waals surface area (Å²) in [5.74, 6) is -1.74. The molecule has 0 saturated heterocycles. The van der Waals surface area contributed by atoms with Gasteiger partial charge in [0.25, 0.3) is 11.8 Å². The summed E-state index contributed by atoms with van der Waals surface area (Å²) >= 11 is 0.771. The van der Waals surface area contributed by atoms with Crippen LogP contribution in [0.3, 0.4) is 0 Å². The van der Waals surface area contributed by atoms with Gasteiger partial charge in [-0.25, -0.2) is 14.6 Å². The molecule has 4 N–H and O–H groups in total. The number of carbonyl (C=O) groups is 4. The fraction of sp³-hybridized carbons (Fsp3) is 0.348. The molecule has 0 aliphatic rings. The van der Waals surface area contributed by atoms with Crippen molar-refractivity contribution in [1.82, 2.24) is 25.8 Å². The van der Waals surface area contributed by atoms with Crippen LogP contribution >= 0.6 is 11.3 Å². The van der Waals surface area contributed by atoms with Crippen molar-refractivity contribution in [3.8, 4) is 11.4 Å². The van der Waals surface area contributed by atoms with Crippen molar-refractivity contribution >= 4 is 40.3 Å². The Balaban J connectivity index is 1.74. The summed E-state index contributed by atoms with van der Waals surface area (Å²) in [6.07, 6.45) is -0.877. The van der Waals surface area contributed by atoms with E-state index in [2.05, 4.69) is 31.1 Å². The third kappa shape index (κ3) is 7.57. The molecule has 2 aromatic heterocycles. The molecular formula is C23H26N6O7S. The Labute approximate surface area is 215 Å². The maximum Gasteiger partial charge on any atom is 0.408 e. The zero-order valence-electron chi connectivity index (χ0n) is 20.7. The lowest BCUT2D eigenvalue weighted by Gasteiger charge is -2.23. The first-order valence-electron chi connectivity index (χ1n) is 11.0. The van der Waals surface area contributed by atoms with Crippen molar-refractivity contribution in [3.63, 3.8) is 0 Å². The van der Waals surface area contributed by atoms with E-state index in [0.29, 0.717) is 17.3 Å². The van der Waals surface area contributed by atoms with Gasteiger partial charge in [0.1, 0.15) is 16.5 Å². The van der Waals surface area contributed by atoms with Gasteiger partial charge in [-0.15, -0.1) is 0 Å². The van der Waals surface area contributed by atoms with E-state index >= 15 is 0 Å². The molecule has 0 aliphatic carbocycles. The minimum absolute atomic E-state index is 0.0306. The number of hydrogen-bond acceptors (Lipinski definition) is 10. The fourth-order valence-corrected chi connectivity index (χ4v) is 3.82. The number of anilines is 1.